The number of amides is 1. The van der Waals surface area contributed by atoms with Crippen LogP contribution in [0, 0.1) is 0 Å². The Labute approximate surface area is 105 Å². The van der Waals surface area contributed by atoms with Crippen LogP contribution in [0.1, 0.15) is 12.0 Å². The molecular weight excluding hydrogens is 236 g/mol. The number of hydrogen-bond acceptors (Lipinski definition) is 4. The van der Waals surface area contributed by atoms with Crippen molar-refractivity contribution in [1.82, 2.24) is 10.3 Å². The zero-order chi connectivity index (χ0) is 12.3. The molecule has 1 fully saturated rings. The number of rotatable bonds is 2. The molecule has 3 N–H and O–H groups in total. The highest BCUT2D eigenvalue weighted by atomic mass is 32.1. The van der Waals surface area contributed by atoms with Gasteiger partial charge in [0.25, 0.3) is 0 Å². The molecule has 1 amide bonds. The minimum atomic E-state index is 0.0901. The van der Waals surface area contributed by atoms with E-state index in [2.05, 4.69) is 15.2 Å². The Morgan fingerprint density at radius 2 is 2.29 bits per heavy atom. The highest BCUT2D eigenvalue weighted by Gasteiger charge is 2.14. The van der Waals surface area contributed by atoms with E-state index in [4.69, 9.17) is 18.0 Å². The molecule has 6 heteroatoms. The second kappa shape index (κ2) is 5.09. The summed E-state index contributed by atoms with van der Waals surface area (Å²) in [6, 6.07) is 3.73. The molecule has 1 saturated heterocycles. The van der Waals surface area contributed by atoms with Crippen molar-refractivity contribution < 1.29 is 4.79 Å². The lowest BCUT2D eigenvalue weighted by atomic mass is 10.2. The van der Waals surface area contributed by atoms with E-state index in [0.717, 1.165) is 17.9 Å². The fourth-order valence-electron chi connectivity index (χ4n) is 1.71. The SMILES string of the molecule is NC(=S)c1ccc(N2CCNC(=O)CC2)nc1. The van der Waals surface area contributed by atoms with Crippen molar-refractivity contribution >= 4 is 28.9 Å². The van der Waals surface area contributed by atoms with Gasteiger partial charge in [-0.15, -0.1) is 0 Å². The van der Waals surface area contributed by atoms with E-state index in [0.29, 0.717) is 24.5 Å². The Balaban J connectivity index is 2.11. The Bertz CT molecular complexity index is 432. The number of carbonyl (C=O) groups excluding carboxylic acids is 1. The molecule has 1 aromatic heterocycles. The Hall–Kier alpha value is -1.69. The second-order valence-electron chi connectivity index (χ2n) is 3.86. The van der Waals surface area contributed by atoms with E-state index < -0.39 is 0 Å². The average molecular weight is 250 g/mol. The predicted molar refractivity (Wildman–Crippen MR) is 70.0 cm³/mol. The fraction of sp³-hybridized carbons (Fsp3) is 0.364. The second-order valence-corrected chi connectivity index (χ2v) is 4.30. The third-order valence-electron chi connectivity index (χ3n) is 2.67. The lowest BCUT2D eigenvalue weighted by molar-refractivity contribution is -0.120. The quantitative estimate of drug-likeness (QED) is 0.725. The van der Waals surface area contributed by atoms with E-state index in [9.17, 15) is 4.79 Å². The monoisotopic (exact) mass is 250 g/mol. The molecule has 5 nitrogen and oxygen atoms in total. The first-order valence-corrected chi connectivity index (χ1v) is 5.85. The molecule has 1 aliphatic heterocycles. The zero-order valence-electron chi connectivity index (χ0n) is 9.35. The van der Waals surface area contributed by atoms with Crippen molar-refractivity contribution in [3.63, 3.8) is 0 Å². The van der Waals surface area contributed by atoms with Crippen LogP contribution in [-0.2, 0) is 4.79 Å². The highest BCUT2D eigenvalue weighted by Crippen LogP contribution is 2.12. The summed E-state index contributed by atoms with van der Waals surface area (Å²) in [6.07, 6.45) is 2.16. The average Bonchev–Trinajstić information content (AvgIpc) is 2.54. The van der Waals surface area contributed by atoms with Crippen LogP contribution in [0.3, 0.4) is 0 Å². The van der Waals surface area contributed by atoms with E-state index in [-0.39, 0.29) is 5.91 Å². The molecule has 17 heavy (non-hydrogen) atoms. The summed E-state index contributed by atoms with van der Waals surface area (Å²) in [5, 5.41) is 2.82. The molecule has 1 aromatic rings. The highest BCUT2D eigenvalue weighted by molar-refractivity contribution is 7.80. The van der Waals surface area contributed by atoms with Crippen LogP contribution in [0.5, 0.6) is 0 Å². The standard InChI is InChI=1S/C11H14N4OS/c12-11(17)8-1-2-9(14-7-8)15-5-3-10(16)13-4-6-15/h1-2,7H,3-6H2,(H2,12,17)(H,13,16). The molecule has 0 atom stereocenters. The number of anilines is 1. The Morgan fingerprint density at radius 3 is 2.94 bits per heavy atom. The molecule has 2 rings (SSSR count). The maximum atomic E-state index is 11.2. The molecular formula is C11H14N4OS. The van der Waals surface area contributed by atoms with Gasteiger partial charge in [-0.05, 0) is 12.1 Å². The lowest BCUT2D eigenvalue weighted by Gasteiger charge is -2.20. The molecule has 2 heterocycles. The molecule has 0 saturated carbocycles. The fourth-order valence-corrected chi connectivity index (χ4v) is 1.84. The lowest BCUT2D eigenvalue weighted by Crippen LogP contribution is -2.29. The third kappa shape index (κ3) is 2.91. The summed E-state index contributed by atoms with van der Waals surface area (Å²) in [4.78, 5) is 17.9. The first-order valence-electron chi connectivity index (χ1n) is 5.44. The van der Waals surface area contributed by atoms with Crippen molar-refractivity contribution in [2.24, 2.45) is 5.73 Å². The van der Waals surface area contributed by atoms with Gasteiger partial charge in [-0.3, -0.25) is 4.79 Å². The van der Waals surface area contributed by atoms with Crippen LogP contribution in [0.4, 0.5) is 5.82 Å². The first-order chi connectivity index (χ1) is 8.16. The van der Waals surface area contributed by atoms with E-state index in [1.807, 2.05) is 12.1 Å². The summed E-state index contributed by atoms with van der Waals surface area (Å²) >= 11 is 4.87. The van der Waals surface area contributed by atoms with Crippen molar-refractivity contribution in [3.05, 3.63) is 23.9 Å². The van der Waals surface area contributed by atoms with Crippen LogP contribution >= 0.6 is 12.2 Å². The minimum Gasteiger partial charge on any atom is -0.389 e. The van der Waals surface area contributed by atoms with Gasteiger partial charge in [0, 0.05) is 37.8 Å². The number of aromatic nitrogens is 1. The van der Waals surface area contributed by atoms with Gasteiger partial charge in [0.15, 0.2) is 0 Å². The van der Waals surface area contributed by atoms with Crippen LogP contribution in [0.15, 0.2) is 18.3 Å². The van der Waals surface area contributed by atoms with Crippen LogP contribution in [0.2, 0.25) is 0 Å². The van der Waals surface area contributed by atoms with Crippen molar-refractivity contribution in [1.29, 1.82) is 0 Å². The van der Waals surface area contributed by atoms with Crippen LogP contribution in [-0.4, -0.2) is 35.5 Å². The maximum Gasteiger partial charge on any atom is 0.221 e. The Morgan fingerprint density at radius 1 is 1.47 bits per heavy atom. The van der Waals surface area contributed by atoms with Gasteiger partial charge in [-0.1, -0.05) is 12.2 Å². The zero-order valence-corrected chi connectivity index (χ0v) is 10.2. The van der Waals surface area contributed by atoms with Crippen molar-refractivity contribution in [2.45, 2.75) is 6.42 Å². The summed E-state index contributed by atoms with van der Waals surface area (Å²) in [5.41, 5.74) is 6.27. The van der Waals surface area contributed by atoms with Gasteiger partial charge in [0.2, 0.25) is 5.91 Å². The van der Waals surface area contributed by atoms with Gasteiger partial charge in [0.1, 0.15) is 10.8 Å². The van der Waals surface area contributed by atoms with Crippen molar-refractivity contribution in [3.8, 4) is 0 Å². The van der Waals surface area contributed by atoms with Gasteiger partial charge in [0.05, 0.1) is 0 Å². The Kier molecular flexibility index (Phi) is 3.53. The first kappa shape index (κ1) is 11.8. The van der Waals surface area contributed by atoms with E-state index >= 15 is 0 Å². The minimum absolute atomic E-state index is 0.0901. The molecule has 90 valence electrons. The summed E-state index contributed by atoms with van der Waals surface area (Å²) in [6.45, 7) is 2.11. The third-order valence-corrected chi connectivity index (χ3v) is 2.90. The number of pyridine rings is 1. The number of carbonyl (C=O) groups is 1. The van der Waals surface area contributed by atoms with Crippen LogP contribution in [0.25, 0.3) is 0 Å². The maximum absolute atomic E-state index is 11.2. The number of nitrogens with one attached hydrogen (secondary N) is 1. The van der Waals surface area contributed by atoms with Gasteiger partial charge < -0.3 is 16.0 Å². The van der Waals surface area contributed by atoms with Crippen molar-refractivity contribution in [2.75, 3.05) is 24.5 Å². The van der Waals surface area contributed by atoms with Gasteiger partial charge in [-0.25, -0.2) is 4.98 Å². The number of nitrogens with two attached hydrogens (primary N) is 1. The smallest absolute Gasteiger partial charge is 0.221 e. The number of thiocarbonyl (C=S) groups is 1. The van der Waals surface area contributed by atoms with Gasteiger partial charge in [-0.2, -0.15) is 0 Å². The normalized spacial score (nSPS) is 16.2. The van der Waals surface area contributed by atoms with E-state index in [1.54, 1.807) is 6.20 Å². The molecule has 0 aliphatic carbocycles. The van der Waals surface area contributed by atoms with Gasteiger partial charge >= 0.3 is 0 Å². The number of nitrogens with zero attached hydrogens (tertiary/aromatic N) is 2. The number of hydrogen-bond donors (Lipinski definition) is 2. The summed E-state index contributed by atoms with van der Waals surface area (Å²) in [7, 11) is 0. The molecule has 0 spiro atoms. The van der Waals surface area contributed by atoms with Crippen LogP contribution < -0.4 is 16.0 Å². The molecule has 0 radical (unpaired) electrons. The topological polar surface area (TPSA) is 71.2 Å². The molecule has 0 aromatic carbocycles. The molecule has 1 aliphatic rings. The summed E-state index contributed by atoms with van der Waals surface area (Å²) < 4.78 is 0. The predicted octanol–water partition coefficient (Wildman–Crippen LogP) is 0.0421. The summed E-state index contributed by atoms with van der Waals surface area (Å²) in [5.74, 6) is 0.939. The molecule has 0 unspecified atom stereocenters. The van der Waals surface area contributed by atoms with E-state index in [1.165, 1.54) is 0 Å². The molecule has 0 bridgehead atoms. The largest absolute Gasteiger partial charge is 0.389 e.